The fraction of sp³-hybridized carbons (Fsp3) is 0.0714. The minimum absolute atomic E-state index is 0.917. The molecule has 0 fully saturated rings. The lowest BCUT2D eigenvalue weighted by Crippen LogP contribution is -1.84. The zero-order valence-electron chi connectivity index (χ0n) is 9.81. The van der Waals surface area contributed by atoms with E-state index in [1.807, 2.05) is 12.1 Å². The Morgan fingerprint density at radius 2 is 2.26 bits per heavy atom. The molecule has 0 aliphatic heterocycles. The van der Waals surface area contributed by atoms with E-state index in [0.29, 0.717) is 0 Å². The Morgan fingerprint density at radius 3 is 3.05 bits per heavy atom. The van der Waals surface area contributed by atoms with Crippen molar-refractivity contribution in [1.29, 1.82) is 0 Å². The molecule has 1 aromatic carbocycles. The van der Waals surface area contributed by atoms with Crippen molar-refractivity contribution in [1.82, 2.24) is 4.98 Å². The van der Waals surface area contributed by atoms with E-state index >= 15 is 0 Å². The second-order valence-corrected chi connectivity index (χ2v) is 6.03. The van der Waals surface area contributed by atoms with Crippen molar-refractivity contribution in [2.75, 3.05) is 3.53 Å². The van der Waals surface area contributed by atoms with Gasteiger partial charge in [0.25, 0.3) is 0 Å². The molecule has 0 atom stereocenters. The maximum absolute atomic E-state index is 5.45. The number of rotatable bonds is 2. The number of aromatic nitrogens is 1. The molecule has 2 aromatic heterocycles. The van der Waals surface area contributed by atoms with Crippen LogP contribution in [0, 0.1) is 0 Å². The summed E-state index contributed by atoms with van der Waals surface area (Å²) in [4.78, 5) is 5.96. The molecule has 4 rings (SSSR count). The third-order valence-corrected chi connectivity index (χ3v) is 5.14. The summed E-state index contributed by atoms with van der Waals surface area (Å²) in [6, 6.07) is 10.4. The van der Waals surface area contributed by atoms with Crippen LogP contribution < -0.4 is 3.53 Å². The van der Waals surface area contributed by atoms with Crippen LogP contribution in [0.2, 0.25) is 0 Å². The van der Waals surface area contributed by atoms with E-state index in [2.05, 4.69) is 49.6 Å². The molecule has 0 saturated carbocycles. The van der Waals surface area contributed by atoms with Gasteiger partial charge in [-0.2, -0.15) is 0 Å². The number of nitrogens with zero attached hydrogens (tertiary/aromatic N) is 1. The number of anilines is 1. The summed E-state index contributed by atoms with van der Waals surface area (Å²) in [6.07, 6.45) is 2.68. The van der Waals surface area contributed by atoms with E-state index in [1.54, 1.807) is 17.6 Å². The lowest BCUT2D eigenvalue weighted by atomic mass is 10.0. The van der Waals surface area contributed by atoms with Crippen LogP contribution in [0.1, 0.15) is 10.4 Å². The highest BCUT2D eigenvalue weighted by molar-refractivity contribution is 14.1. The molecule has 2 heterocycles. The lowest BCUT2D eigenvalue weighted by molar-refractivity contribution is 0.582. The van der Waals surface area contributed by atoms with Crippen molar-refractivity contribution < 1.29 is 4.42 Å². The zero-order valence-corrected chi connectivity index (χ0v) is 12.8. The third-order valence-electron chi connectivity index (χ3n) is 3.30. The first-order valence-corrected chi connectivity index (χ1v) is 7.78. The van der Waals surface area contributed by atoms with Gasteiger partial charge in [0.05, 0.1) is 34.8 Å². The van der Waals surface area contributed by atoms with Crippen LogP contribution >= 0.6 is 34.2 Å². The Balaban J connectivity index is 1.80. The first kappa shape index (κ1) is 11.5. The Hall–Kier alpha value is -1.34. The van der Waals surface area contributed by atoms with E-state index in [4.69, 9.17) is 4.42 Å². The number of halogens is 1. The Labute approximate surface area is 128 Å². The molecular formula is C14H9IN2OS. The molecule has 0 saturated heterocycles. The van der Waals surface area contributed by atoms with Gasteiger partial charge in [-0.25, -0.2) is 4.98 Å². The van der Waals surface area contributed by atoms with Gasteiger partial charge in [-0.15, -0.1) is 11.3 Å². The quantitative estimate of drug-likeness (QED) is 0.403. The van der Waals surface area contributed by atoms with Gasteiger partial charge in [-0.05, 0) is 23.8 Å². The topological polar surface area (TPSA) is 38.1 Å². The summed E-state index contributed by atoms with van der Waals surface area (Å²) >= 11 is 3.85. The second-order valence-electron chi connectivity index (χ2n) is 4.41. The largest absolute Gasteiger partial charge is 0.464 e. The van der Waals surface area contributed by atoms with Crippen molar-refractivity contribution in [3.8, 4) is 22.6 Å². The standard InChI is InChI=1S/C14H9IN2OS/c15-17-14-16-13-10-4-3-8(11-2-1-5-18-11)6-9(10)7-12(13)19-14/h1-6H,7H2,(H,16,17). The fourth-order valence-corrected chi connectivity index (χ4v) is 3.80. The third kappa shape index (κ3) is 1.80. The maximum Gasteiger partial charge on any atom is 0.192 e. The van der Waals surface area contributed by atoms with Crippen LogP contribution in [0.15, 0.2) is 41.0 Å². The van der Waals surface area contributed by atoms with Gasteiger partial charge >= 0.3 is 0 Å². The Morgan fingerprint density at radius 1 is 1.32 bits per heavy atom. The van der Waals surface area contributed by atoms with Gasteiger partial charge in [0, 0.05) is 22.4 Å². The van der Waals surface area contributed by atoms with Crippen LogP contribution in [0.25, 0.3) is 22.6 Å². The number of benzene rings is 1. The number of fused-ring (bicyclic) bond motifs is 3. The Bertz CT molecular complexity index is 749. The van der Waals surface area contributed by atoms with Crippen molar-refractivity contribution in [2.45, 2.75) is 6.42 Å². The minimum atomic E-state index is 0.917. The molecule has 1 aliphatic rings. The molecule has 1 aliphatic carbocycles. The average molecular weight is 380 g/mol. The fourth-order valence-electron chi connectivity index (χ4n) is 2.46. The monoisotopic (exact) mass is 380 g/mol. The molecule has 0 spiro atoms. The van der Waals surface area contributed by atoms with Gasteiger partial charge in [-0.3, -0.25) is 0 Å². The smallest absolute Gasteiger partial charge is 0.192 e. The highest BCUT2D eigenvalue weighted by Gasteiger charge is 2.23. The summed E-state index contributed by atoms with van der Waals surface area (Å²) in [5.74, 6) is 0.917. The first-order valence-electron chi connectivity index (χ1n) is 5.88. The summed E-state index contributed by atoms with van der Waals surface area (Å²) < 4.78 is 8.53. The van der Waals surface area contributed by atoms with Crippen LogP contribution in [-0.2, 0) is 6.42 Å². The molecular weight excluding hydrogens is 371 g/mol. The average Bonchev–Trinajstić information content (AvgIpc) is 3.13. The molecule has 0 amide bonds. The SMILES string of the molecule is INc1nc2c(s1)Cc1cc(-c3ccco3)ccc1-2. The number of thiazole rings is 1. The summed E-state index contributed by atoms with van der Waals surface area (Å²) in [6.45, 7) is 0. The van der Waals surface area contributed by atoms with Crippen LogP contribution in [0.5, 0.6) is 0 Å². The van der Waals surface area contributed by atoms with E-state index in [1.165, 1.54) is 16.0 Å². The summed E-state index contributed by atoms with van der Waals surface area (Å²) in [7, 11) is 0. The van der Waals surface area contributed by atoms with Crippen LogP contribution in [-0.4, -0.2) is 4.98 Å². The van der Waals surface area contributed by atoms with Crippen molar-refractivity contribution in [3.05, 3.63) is 47.0 Å². The number of hydrogen-bond acceptors (Lipinski definition) is 4. The van der Waals surface area contributed by atoms with Gasteiger partial charge in [0.15, 0.2) is 5.13 Å². The molecule has 5 heteroatoms. The molecule has 94 valence electrons. The summed E-state index contributed by atoms with van der Waals surface area (Å²) in [5.41, 5.74) is 4.85. The van der Waals surface area contributed by atoms with Crippen LogP contribution in [0.4, 0.5) is 5.13 Å². The normalized spacial score (nSPS) is 12.3. The van der Waals surface area contributed by atoms with Crippen molar-refractivity contribution >= 4 is 39.3 Å². The van der Waals surface area contributed by atoms with Crippen molar-refractivity contribution in [3.63, 3.8) is 0 Å². The predicted octanol–water partition coefficient (Wildman–Crippen LogP) is 4.74. The highest BCUT2D eigenvalue weighted by atomic mass is 127. The molecule has 0 unspecified atom stereocenters. The second kappa shape index (κ2) is 4.35. The Kier molecular flexibility index (Phi) is 2.63. The van der Waals surface area contributed by atoms with Gasteiger partial charge < -0.3 is 7.95 Å². The molecule has 1 N–H and O–H groups in total. The number of nitrogens with one attached hydrogen (secondary N) is 1. The number of furan rings is 1. The van der Waals surface area contributed by atoms with Gasteiger partial charge in [-0.1, -0.05) is 12.1 Å². The molecule has 19 heavy (non-hydrogen) atoms. The molecule has 0 radical (unpaired) electrons. The van der Waals surface area contributed by atoms with Gasteiger partial charge in [0.2, 0.25) is 0 Å². The maximum atomic E-state index is 5.45. The van der Waals surface area contributed by atoms with Gasteiger partial charge in [0.1, 0.15) is 5.76 Å². The van der Waals surface area contributed by atoms with E-state index in [9.17, 15) is 0 Å². The molecule has 0 bridgehead atoms. The zero-order chi connectivity index (χ0) is 12.8. The lowest BCUT2D eigenvalue weighted by Gasteiger charge is -2.02. The van der Waals surface area contributed by atoms with Crippen molar-refractivity contribution in [2.24, 2.45) is 0 Å². The number of hydrogen-bond donors (Lipinski definition) is 1. The van der Waals surface area contributed by atoms with E-state index in [0.717, 1.165) is 28.6 Å². The summed E-state index contributed by atoms with van der Waals surface area (Å²) in [5, 5.41) is 0.978. The van der Waals surface area contributed by atoms with E-state index < -0.39 is 0 Å². The first-order chi connectivity index (χ1) is 9.35. The minimum Gasteiger partial charge on any atom is -0.464 e. The predicted molar refractivity (Wildman–Crippen MR) is 85.7 cm³/mol. The van der Waals surface area contributed by atoms with Crippen LogP contribution in [0.3, 0.4) is 0 Å². The highest BCUT2D eigenvalue weighted by Crippen LogP contribution is 2.42. The van der Waals surface area contributed by atoms with E-state index in [-0.39, 0.29) is 0 Å². The molecule has 3 nitrogen and oxygen atoms in total. The molecule has 3 aromatic rings.